The predicted molar refractivity (Wildman–Crippen MR) is 94.8 cm³/mol. The van der Waals surface area contributed by atoms with Gasteiger partial charge in [0.15, 0.2) is 5.82 Å². The van der Waals surface area contributed by atoms with E-state index in [1.165, 1.54) is 24.3 Å². The van der Waals surface area contributed by atoms with Crippen LogP contribution in [0.4, 0.5) is 5.82 Å². The van der Waals surface area contributed by atoms with Crippen molar-refractivity contribution in [1.82, 2.24) is 14.1 Å². The van der Waals surface area contributed by atoms with E-state index in [9.17, 15) is 13.2 Å². The van der Waals surface area contributed by atoms with Crippen molar-refractivity contribution in [2.45, 2.75) is 37.1 Å². The minimum atomic E-state index is -3.52. The van der Waals surface area contributed by atoms with E-state index in [-0.39, 0.29) is 16.8 Å². The number of aryl methyl sites for hydroxylation is 1. The molecule has 8 heteroatoms. The Hall–Kier alpha value is -2.19. The van der Waals surface area contributed by atoms with E-state index in [2.05, 4.69) is 10.4 Å². The Morgan fingerprint density at radius 1 is 1.20 bits per heavy atom. The zero-order chi connectivity index (χ0) is 18.0. The van der Waals surface area contributed by atoms with Gasteiger partial charge in [-0.25, -0.2) is 8.42 Å². The molecule has 2 heterocycles. The van der Waals surface area contributed by atoms with Gasteiger partial charge in [0.25, 0.3) is 5.91 Å². The number of piperidine rings is 1. The maximum absolute atomic E-state index is 12.8. The first kappa shape index (κ1) is 17.6. The maximum atomic E-state index is 12.8. The van der Waals surface area contributed by atoms with Crippen LogP contribution in [0, 0.1) is 0 Å². The first-order chi connectivity index (χ1) is 11.9. The Morgan fingerprint density at radius 3 is 2.52 bits per heavy atom. The van der Waals surface area contributed by atoms with Gasteiger partial charge in [-0.05, 0) is 44.0 Å². The first-order valence-corrected chi connectivity index (χ1v) is 9.75. The molecule has 1 unspecified atom stereocenters. The molecule has 0 spiro atoms. The second-order valence-corrected chi connectivity index (χ2v) is 8.20. The van der Waals surface area contributed by atoms with Crippen molar-refractivity contribution in [3.63, 3.8) is 0 Å². The molecule has 1 N–H and O–H groups in total. The van der Waals surface area contributed by atoms with Crippen molar-refractivity contribution < 1.29 is 13.2 Å². The van der Waals surface area contributed by atoms with Gasteiger partial charge in [-0.3, -0.25) is 9.48 Å². The van der Waals surface area contributed by atoms with Crippen molar-refractivity contribution in [2.75, 3.05) is 11.9 Å². The van der Waals surface area contributed by atoms with Crippen molar-refractivity contribution in [3.05, 3.63) is 42.1 Å². The lowest BCUT2D eigenvalue weighted by Crippen LogP contribution is -2.41. The highest BCUT2D eigenvalue weighted by molar-refractivity contribution is 7.89. The second kappa shape index (κ2) is 6.97. The van der Waals surface area contributed by atoms with Crippen molar-refractivity contribution in [2.24, 2.45) is 7.05 Å². The summed E-state index contributed by atoms with van der Waals surface area (Å²) in [5.41, 5.74) is 0.385. The number of carbonyl (C=O) groups excluding carboxylic acids is 1. The summed E-state index contributed by atoms with van der Waals surface area (Å²) in [5, 5.41) is 6.76. The van der Waals surface area contributed by atoms with Gasteiger partial charge in [-0.1, -0.05) is 6.42 Å². The molecule has 1 fully saturated rings. The Bertz CT molecular complexity index is 858. The minimum absolute atomic E-state index is 0.00544. The molecule has 1 aliphatic rings. The molecule has 0 saturated carbocycles. The molecule has 3 rings (SSSR count). The van der Waals surface area contributed by atoms with Gasteiger partial charge in [0.1, 0.15) is 0 Å². The summed E-state index contributed by atoms with van der Waals surface area (Å²) in [6, 6.07) is 7.73. The van der Waals surface area contributed by atoms with Crippen molar-refractivity contribution in [3.8, 4) is 0 Å². The van der Waals surface area contributed by atoms with Crippen LogP contribution in [0.15, 0.2) is 41.4 Å². The molecule has 1 amide bonds. The summed E-state index contributed by atoms with van der Waals surface area (Å²) in [5.74, 6) is 0.125. The zero-order valence-corrected chi connectivity index (χ0v) is 15.2. The van der Waals surface area contributed by atoms with Crippen LogP contribution >= 0.6 is 0 Å². The molecule has 25 heavy (non-hydrogen) atoms. The van der Waals surface area contributed by atoms with Crippen molar-refractivity contribution in [1.29, 1.82) is 0 Å². The van der Waals surface area contributed by atoms with Gasteiger partial charge < -0.3 is 5.32 Å². The fourth-order valence-electron chi connectivity index (χ4n) is 3.01. The number of nitrogens with zero attached hydrogens (tertiary/aromatic N) is 3. The lowest BCUT2D eigenvalue weighted by atomic mass is 10.1. The SMILES string of the molecule is CC1CCCCN1S(=O)(=O)c1ccc(C(=O)Nc2ccn(C)n2)cc1. The molecule has 0 aliphatic carbocycles. The molecule has 1 atom stereocenters. The van der Waals surface area contributed by atoms with E-state index in [1.807, 2.05) is 6.92 Å². The number of hydrogen-bond acceptors (Lipinski definition) is 4. The van der Waals surface area contributed by atoms with Gasteiger partial charge in [-0.2, -0.15) is 9.40 Å². The van der Waals surface area contributed by atoms with E-state index >= 15 is 0 Å². The van der Waals surface area contributed by atoms with Gasteiger partial charge in [0.2, 0.25) is 10.0 Å². The summed E-state index contributed by atoms with van der Waals surface area (Å²) < 4.78 is 28.7. The summed E-state index contributed by atoms with van der Waals surface area (Å²) in [7, 11) is -1.76. The van der Waals surface area contributed by atoms with Gasteiger partial charge in [0.05, 0.1) is 4.90 Å². The molecular formula is C17H22N4O3S. The summed E-state index contributed by atoms with van der Waals surface area (Å²) in [4.78, 5) is 12.4. The Labute approximate surface area is 147 Å². The largest absolute Gasteiger partial charge is 0.305 e. The lowest BCUT2D eigenvalue weighted by molar-refractivity contribution is 0.102. The third-order valence-electron chi connectivity index (χ3n) is 4.42. The molecule has 1 aromatic heterocycles. The van der Waals surface area contributed by atoms with Gasteiger partial charge >= 0.3 is 0 Å². The van der Waals surface area contributed by atoms with E-state index in [0.717, 1.165) is 19.3 Å². The fourth-order valence-corrected chi connectivity index (χ4v) is 4.71. The Kier molecular flexibility index (Phi) is 4.91. The second-order valence-electron chi connectivity index (χ2n) is 6.31. The van der Waals surface area contributed by atoms with E-state index in [4.69, 9.17) is 0 Å². The molecule has 7 nitrogen and oxygen atoms in total. The van der Waals surface area contributed by atoms with Crippen LogP contribution in [-0.4, -0.2) is 41.0 Å². The Balaban J connectivity index is 1.76. The number of benzene rings is 1. The quantitative estimate of drug-likeness (QED) is 0.904. The molecule has 1 aliphatic heterocycles. The molecule has 1 aromatic carbocycles. The standard InChI is InChI=1S/C17H22N4O3S/c1-13-5-3-4-11-21(13)25(23,24)15-8-6-14(7-9-15)17(22)18-16-10-12-20(2)19-16/h6-10,12-13H,3-5,11H2,1-2H3,(H,18,19,22). The number of sulfonamides is 1. The fraction of sp³-hybridized carbons (Fsp3) is 0.412. The molecule has 2 aromatic rings. The van der Waals surface area contributed by atoms with Crippen LogP contribution < -0.4 is 5.32 Å². The normalized spacial score (nSPS) is 18.9. The predicted octanol–water partition coefficient (Wildman–Crippen LogP) is 2.24. The van der Waals surface area contributed by atoms with Gasteiger partial charge in [-0.15, -0.1) is 0 Å². The summed E-state index contributed by atoms with van der Waals surface area (Å²) in [6.45, 7) is 2.48. The molecular weight excluding hydrogens is 340 g/mol. The zero-order valence-electron chi connectivity index (χ0n) is 14.3. The molecule has 134 valence electrons. The average Bonchev–Trinajstić information content (AvgIpc) is 3.00. The highest BCUT2D eigenvalue weighted by Crippen LogP contribution is 2.25. The first-order valence-electron chi connectivity index (χ1n) is 8.31. The number of rotatable bonds is 4. The highest BCUT2D eigenvalue weighted by Gasteiger charge is 2.30. The minimum Gasteiger partial charge on any atom is -0.305 e. The van der Waals surface area contributed by atoms with Crippen LogP contribution in [0.5, 0.6) is 0 Å². The van der Waals surface area contributed by atoms with Crippen LogP contribution in [0.3, 0.4) is 0 Å². The van der Waals surface area contributed by atoms with Gasteiger partial charge in [0, 0.05) is 37.5 Å². The third kappa shape index (κ3) is 3.74. The van der Waals surface area contributed by atoms with Crippen LogP contribution in [0.2, 0.25) is 0 Å². The lowest BCUT2D eigenvalue weighted by Gasteiger charge is -2.32. The maximum Gasteiger partial charge on any atom is 0.256 e. The number of nitrogens with one attached hydrogen (secondary N) is 1. The van der Waals surface area contributed by atoms with Crippen LogP contribution in [0.25, 0.3) is 0 Å². The third-order valence-corrected chi connectivity index (χ3v) is 6.45. The molecule has 0 radical (unpaired) electrons. The molecule has 1 saturated heterocycles. The van der Waals surface area contributed by atoms with Crippen molar-refractivity contribution >= 4 is 21.7 Å². The van der Waals surface area contributed by atoms with E-state index < -0.39 is 10.0 Å². The number of anilines is 1. The average molecular weight is 362 g/mol. The topological polar surface area (TPSA) is 84.3 Å². The smallest absolute Gasteiger partial charge is 0.256 e. The monoisotopic (exact) mass is 362 g/mol. The molecule has 0 bridgehead atoms. The summed E-state index contributed by atoms with van der Waals surface area (Å²) in [6.07, 6.45) is 4.54. The Morgan fingerprint density at radius 2 is 1.92 bits per heavy atom. The highest BCUT2D eigenvalue weighted by atomic mass is 32.2. The number of carbonyl (C=O) groups is 1. The van der Waals surface area contributed by atoms with Crippen LogP contribution in [-0.2, 0) is 17.1 Å². The number of amides is 1. The number of hydrogen-bond donors (Lipinski definition) is 1. The summed E-state index contributed by atoms with van der Waals surface area (Å²) >= 11 is 0. The van der Waals surface area contributed by atoms with Crippen LogP contribution in [0.1, 0.15) is 36.5 Å². The van der Waals surface area contributed by atoms with E-state index in [0.29, 0.717) is 17.9 Å². The van der Waals surface area contributed by atoms with E-state index in [1.54, 1.807) is 28.3 Å². The number of aromatic nitrogens is 2.